The molecule has 0 spiro atoms. The van der Waals surface area contributed by atoms with Gasteiger partial charge in [0.15, 0.2) is 0 Å². The summed E-state index contributed by atoms with van der Waals surface area (Å²) in [5, 5.41) is 9.13. The van der Waals surface area contributed by atoms with Crippen molar-refractivity contribution in [2.24, 2.45) is 0 Å². The van der Waals surface area contributed by atoms with Crippen LogP contribution in [0.1, 0.15) is 18.4 Å². The summed E-state index contributed by atoms with van der Waals surface area (Å²) in [6, 6.07) is 5.91. The molecule has 1 N–H and O–H groups in total. The Kier molecular flexibility index (Phi) is 2.54. The lowest BCUT2D eigenvalue weighted by molar-refractivity contribution is 0.0947. The lowest BCUT2D eigenvalue weighted by Gasteiger charge is -2.17. The van der Waals surface area contributed by atoms with Crippen molar-refractivity contribution in [3.05, 3.63) is 28.2 Å². The molecule has 0 heterocycles. The maximum atomic E-state index is 9.13. The molecule has 0 radical (unpaired) electrons. The van der Waals surface area contributed by atoms with Gasteiger partial charge >= 0.3 is 0 Å². The van der Waals surface area contributed by atoms with Crippen molar-refractivity contribution < 1.29 is 9.84 Å². The van der Waals surface area contributed by atoms with Crippen molar-refractivity contribution in [1.82, 2.24) is 0 Å². The highest BCUT2D eigenvalue weighted by Gasteiger charge is 2.45. The van der Waals surface area contributed by atoms with Crippen molar-refractivity contribution in [1.29, 1.82) is 0 Å². The summed E-state index contributed by atoms with van der Waals surface area (Å²) in [7, 11) is 0. The average Bonchev–Trinajstić information content (AvgIpc) is 2.91. The molecule has 76 valence electrons. The fourth-order valence-corrected chi connectivity index (χ4v) is 1.87. The first kappa shape index (κ1) is 9.99. The van der Waals surface area contributed by atoms with E-state index in [4.69, 9.17) is 9.84 Å². The Hall–Kier alpha value is -0.540. The topological polar surface area (TPSA) is 29.5 Å². The lowest BCUT2D eigenvalue weighted by Crippen LogP contribution is -2.23. The van der Waals surface area contributed by atoms with Gasteiger partial charge in [0.05, 0.1) is 6.61 Å². The largest absolute Gasteiger partial charge is 0.485 e. The molecule has 2 nitrogen and oxygen atoms in total. The van der Waals surface area contributed by atoms with Gasteiger partial charge in [0.1, 0.15) is 11.4 Å². The smallest absolute Gasteiger partial charge is 0.132 e. The van der Waals surface area contributed by atoms with E-state index in [1.165, 1.54) is 0 Å². The van der Waals surface area contributed by atoms with Crippen LogP contribution in [0.25, 0.3) is 0 Å². The maximum absolute atomic E-state index is 9.13. The molecule has 1 aromatic carbocycles. The minimum absolute atomic E-state index is 0.114. The second kappa shape index (κ2) is 3.55. The number of aliphatic hydroxyl groups is 1. The monoisotopic (exact) mass is 256 g/mol. The average molecular weight is 257 g/mol. The number of benzene rings is 1. The molecule has 1 saturated carbocycles. The molecule has 1 aromatic rings. The Balaban J connectivity index is 2.17. The van der Waals surface area contributed by atoms with E-state index in [0.717, 1.165) is 28.6 Å². The summed E-state index contributed by atoms with van der Waals surface area (Å²) in [4.78, 5) is 0. The lowest BCUT2D eigenvalue weighted by atomic mass is 10.2. The SMILES string of the molecule is Cc1cc(Br)ccc1OC1(CO)CC1. The maximum Gasteiger partial charge on any atom is 0.132 e. The van der Waals surface area contributed by atoms with E-state index in [-0.39, 0.29) is 12.2 Å². The number of hydrogen-bond acceptors (Lipinski definition) is 2. The Morgan fingerprint density at radius 3 is 2.71 bits per heavy atom. The van der Waals surface area contributed by atoms with Gasteiger partial charge in [-0.25, -0.2) is 0 Å². The third-order valence-electron chi connectivity index (χ3n) is 2.56. The number of halogens is 1. The molecule has 0 amide bonds. The third-order valence-corrected chi connectivity index (χ3v) is 3.05. The van der Waals surface area contributed by atoms with Crippen molar-refractivity contribution in [2.75, 3.05) is 6.61 Å². The summed E-state index contributed by atoms with van der Waals surface area (Å²) in [5.41, 5.74) is 0.817. The highest BCUT2D eigenvalue weighted by atomic mass is 79.9. The number of aryl methyl sites for hydroxylation is 1. The molecule has 0 aromatic heterocycles. The fourth-order valence-electron chi connectivity index (χ4n) is 1.39. The zero-order valence-corrected chi connectivity index (χ0v) is 9.67. The first-order valence-electron chi connectivity index (χ1n) is 4.71. The molecule has 0 bridgehead atoms. The molecule has 0 unspecified atom stereocenters. The Morgan fingerprint density at radius 2 is 2.21 bits per heavy atom. The highest BCUT2D eigenvalue weighted by molar-refractivity contribution is 9.10. The van der Waals surface area contributed by atoms with Crippen LogP contribution >= 0.6 is 15.9 Å². The van der Waals surface area contributed by atoms with E-state index in [1.807, 2.05) is 25.1 Å². The summed E-state index contributed by atoms with van der Waals surface area (Å²) >= 11 is 3.40. The van der Waals surface area contributed by atoms with Gasteiger partial charge in [-0.3, -0.25) is 0 Å². The molecule has 1 aliphatic carbocycles. The third kappa shape index (κ3) is 1.93. The minimum Gasteiger partial charge on any atom is -0.485 e. The number of ether oxygens (including phenoxy) is 1. The van der Waals surface area contributed by atoms with Crippen LogP contribution in [0.15, 0.2) is 22.7 Å². The van der Waals surface area contributed by atoms with E-state index in [0.29, 0.717) is 0 Å². The number of hydrogen-bond donors (Lipinski definition) is 1. The van der Waals surface area contributed by atoms with Gasteiger partial charge in [-0.2, -0.15) is 0 Å². The van der Waals surface area contributed by atoms with Gasteiger partial charge in [-0.1, -0.05) is 15.9 Å². The van der Waals surface area contributed by atoms with Crippen LogP contribution in [0, 0.1) is 6.92 Å². The van der Waals surface area contributed by atoms with Crippen molar-refractivity contribution in [3.8, 4) is 5.75 Å². The molecule has 0 atom stereocenters. The molecular weight excluding hydrogens is 244 g/mol. The highest BCUT2D eigenvalue weighted by Crippen LogP contribution is 2.40. The number of rotatable bonds is 3. The predicted molar refractivity (Wildman–Crippen MR) is 58.6 cm³/mol. The van der Waals surface area contributed by atoms with Gasteiger partial charge in [-0.05, 0) is 43.5 Å². The molecule has 0 aliphatic heterocycles. The molecule has 2 rings (SSSR count). The fraction of sp³-hybridized carbons (Fsp3) is 0.455. The van der Waals surface area contributed by atoms with Crippen molar-refractivity contribution in [3.63, 3.8) is 0 Å². The molecule has 1 fully saturated rings. The first-order chi connectivity index (χ1) is 6.65. The summed E-state index contributed by atoms with van der Waals surface area (Å²) in [5.74, 6) is 0.875. The van der Waals surface area contributed by atoms with Crippen LogP contribution in [0.2, 0.25) is 0 Å². The van der Waals surface area contributed by atoms with Crippen LogP contribution < -0.4 is 4.74 Å². The van der Waals surface area contributed by atoms with Crippen molar-refractivity contribution in [2.45, 2.75) is 25.4 Å². The van der Waals surface area contributed by atoms with Gasteiger partial charge in [-0.15, -0.1) is 0 Å². The molecular formula is C11H13BrO2. The van der Waals surface area contributed by atoms with Crippen molar-refractivity contribution >= 4 is 15.9 Å². The zero-order chi connectivity index (χ0) is 10.2. The van der Waals surface area contributed by atoms with E-state index >= 15 is 0 Å². The van der Waals surface area contributed by atoms with Gasteiger partial charge < -0.3 is 9.84 Å². The number of aliphatic hydroxyl groups excluding tert-OH is 1. The van der Waals surface area contributed by atoms with E-state index in [9.17, 15) is 0 Å². The molecule has 0 saturated heterocycles. The van der Waals surface area contributed by atoms with Crippen LogP contribution in [-0.2, 0) is 0 Å². The van der Waals surface area contributed by atoms with E-state index < -0.39 is 0 Å². The summed E-state index contributed by atoms with van der Waals surface area (Å²) < 4.78 is 6.83. The van der Waals surface area contributed by atoms with E-state index in [2.05, 4.69) is 15.9 Å². The molecule has 14 heavy (non-hydrogen) atoms. The van der Waals surface area contributed by atoms with E-state index in [1.54, 1.807) is 0 Å². The second-order valence-corrected chi connectivity index (χ2v) is 4.77. The first-order valence-corrected chi connectivity index (χ1v) is 5.51. The van der Waals surface area contributed by atoms with Gasteiger partial charge in [0.2, 0.25) is 0 Å². The Labute approximate surface area is 92.0 Å². The molecule has 3 heteroatoms. The zero-order valence-electron chi connectivity index (χ0n) is 8.09. The Morgan fingerprint density at radius 1 is 1.50 bits per heavy atom. The van der Waals surface area contributed by atoms with Gasteiger partial charge in [0.25, 0.3) is 0 Å². The van der Waals surface area contributed by atoms with Crippen LogP contribution in [0.3, 0.4) is 0 Å². The second-order valence-electron chi connectivity index (χ2n) is 3.85. The summed E-state index contributed by atoms with van der Waals surface area (Å²) in [6.07, 6.45) is 1.91. The standard InChI is InChI=1S/C11H13BrO2/c1-8-6-9(12)2-3-10(8)14-11(7-13)4-5-11/h2-3,6,13H,4-5,7H2,1H3. The van der Waals surface area contributed by atoms with Crippen LogP contribution in [0.4, 0.5) is 0 Å². The quantitative estimate of drug-likeness (QED) is 0.902. The van der Waals surface area contributed by atoms with Crippen LogP contribution in [-0.4, -0.2) is 17.3 Å². The Bertz CT molecular complexity index is 345. The van der Waals surface area contributed by atoms with Gasteiger partial charge in [0, 0.05) is 4.47 Å². The predicted octanol–water partition coefficient (Wildman–Crippen LogP) is 2.66. The van der Waals surface area contributed by atoms with Crippen LogP contribution in [0.5, 0.6) is 5.75 Å². The minimum atomic E-state index is -0.279. The normalized spacial score (nSPS) is 17.9. The summed E-state index contributed by atoms with van der Waals surface area (Å²) in [6.45, 7) is 2.12. The molecule has 1 aliphatic rings.